The fourth-order valence-corrected chi connectivity index (χ4v) is 4.14. The van der Waals surface area contributed by atoms with Crippen molar-refractivity contribution >= 4 is 52.3 Å². The number of para-hydroxylation sites is 1. The number of amides is 3. The number of benzene rings is 1. The van der Waals surface area contributed by atoms with Crippen molar-refractivity contribution in [3.63, 3.8) is 0 Å². The predicted octanol–water partition coefficient (Wildman–Crippen LogP) is -0.813. The van der Waals surface area contributed by atoms with Crippen molar-refractivity contribution in [3.8, 4) is 0 Å². The standard InChI is InChI=1S/C24H33N5O8S/c1-38-9-8-15(25)21(33)27-17(6-7-20(31)32)22(34)29-19(12-30)23(35)28-18(24(36)37)10-13-11-26-16-5-3-2-4-14(13)16/h2-5,11,15,17-19,26,30H,6-10,12,25H2,1H3,(H,27,33)(H,28,35)(H,29,34)(H,31,32)(H,36,37). The second-order valence-corrected chi connectivity index (χ2v) is 9.57. The summed E-state index contributed by atoms with van der Waals surface area (Å²) in [7, 11) is 0. The summed E-state index contributed by atoms with van der Waals surface area (Å²) < 4.78 is 0. The van der Waals surface area contributed by atoms with Crippen LogP contribution in [0.3, 0.4) is 0 Å². The van der Waals surface area contributed by atoms with Crippen molar-refractivity contribution in [2.45, 2.75) is 49.9 Å². The van der Waals surface area contributed by atoms with Crippen LogP contribution in [-0.4, -0.2) is 92.7 Å². The number of hydrogen-bond donors (Lipinski definition) is 8. The molecule has 0 aliphatic heterocycles. The Morgan fingerprint density at radius 2 is 1.58 bits per heavy atom. The first-order valence-electron chi connectivity index (χ1n) is 11.8. The maximum absolute atomic E-state index is 12.8. The minimum absolute atomic E-state index is 0.0671. The molecule has 38 heavy (non-hydrogen) atoms. The number of nitrogens with two attached hydrogens (primary N) is 1. The number of aliphatic hydroxyl groups excluding tert-OH is 1. The summed E-state index contributed by atoms with van der Waals surface area (Å²) in [5.41, 5.74) is 7.26. The van der Waals surface area contributed by atoms with Crippen molar-refractivity contribution in [1.82, 2.24) is 20.9 Å². The molecule has 1 aromatic carbocycles. The van der Waals surface area contributed by atoms with Gasteiger partial charge in [-0.25, -0.2) is 4.79 Å². The van der Waals surface area contributed by atoms with Crippen LogP contribution in [0.25, 0.3) is 10.9 Å². The number of thioether (sulfide) groups is 1. The number of carbonyl (C=O) groups is 5. The number of H-pyrrole nitrogens is 1. The number of carboxylic acid groups (broad SMARTS) is 2. The molecule has 3 amide bonds. The van der Waals surface area contributed by atoms with Crippen molar-refractivity contribution in [2.24, 2.45) is 5.73 Å². The van der Waals surface area contributed by atoms with Crippen molar-refractivity contribution in [2.75, 3.05) is 18.6 Å². The second-order valence-electron chi connectivity index (χ2n) is 8.59. The zero-order valence-electron chi connectivity index (χ0n) is 20.8. The van der Waals surface area contributed by atoms with Crippen molar-refractivity contribution in [3.05, 3.63) is 36.0 Å². The molecule has 0 radical (unpaired) electrons. The lowest BCUT2D eigenvalue weighted by atomic mass is 10.0. The molecular formula is C24H33N5O8S. The summed E-state index contributed by atoms with van der Waals surface area (Å²) in [6, 6.07) is 2.03. The Morgan fingerprint density at radius 3 is 2.21 bits per heavy atom. The van der Waals surface area contributed by atoms with Gasteiger partial charge in [-0.05, 0) is 36.5 Å². The third-order valence-corrected chi connectivity index (χ3v) is 6.42. The molecule has 0 fully saturated rings. The molecule has 2 rings (SSSR count). The highest BCUT2D eigenvalue weighted by atomic mass is 32.2. The highest BCUT2D eigenvalue weighted by molar-refractivity contribution is 7.98. The number of nitrogens with one attached hydrogen (secondary N) is 4. The van der Waals surface area contributed by atoms with E-state index in [-0.39, 0.29) is 12.8 Å². The van der Waals surface area contributed by atoms with Crippen LogP contribution in [0, 0.1) is 0 Å². The Balaban J connectivity index is 2.09. The minimum Gasteiger partial charge on any atom is -0.481 e. The van der Waals surface area contributed by atoms with E-state index in [9.17, 15) is 34.2 Å². The number of hydrogen-bond acceptors (Lipinski definition) is 8. The monoisotopic (exact) mass is 551 g/mol. The average molecular weight is 552 g/mol. The van der Waals surface area contributed by atoms with Gasteiger partial charge < -0.3 is 42.0 Å². The number of fused-ring (bicyclic) bond motifs is 1. The summed E-state index contributed by atoms with van der Waals surface area (Å²) in [4.78, 5) is 64.0. The number of carboxylic acids is 2. The molecule has 0 bridgehead atoms. The van der Waals surface area contributed by atoms with E-state index in [1.54, 1.807) is 18.3 Å². The molecule has 4 unspecified atom stereocenters. The Morgan fingerprint density at radius 1 is 0.947 bits per heavy atom. The van der Waals surface area contributed by atoms with Gasteiger partial charge >= 0.3 is 11.9 Å². The van der Waals surface area contributed by atoms with Crippen LogP contribution < -0.4 is 21.7 Å². The largest absolute Gasteiger partial charge is 0.481 e. The number of aromatic amines is 1. The molecule has 13 nitrogen and oxygen atoms in total. The first-order valence-corrected chi connectivity index (χ1v) is 13.2. The van der Waals surface area contributed by atoms with Gasteiger partial charge in [0.15, 0.2) is 0 Å². The maximum atomic E-state index is 12.8. The van der Waals surface area contributed by atoms with Gasteiger partial charge in [-0.1, -0.05) is 18.2 Å². The average Bonchev–Trinajstić information content (AvgIpc) is 3.29. The molecule has 208 valence electrons. The molecule has 0 aliphatic carbocycles. The van der Waals surface area contributed by atoms with E-state index in [2.05, 4.69) is 20.9 Å². The molecular weight excluding hydrogens is 518 g/mol. The maximum Gasteiger partial charge on any atom is 0.326 e. The fraction of sp³-hybridized carbons (Fsp3) is 0.458. The Bertz CT molecular complexity index is 1140. The lowest BCUT2D eigenvalue weighted by Gasteiger charge is -2.24. The molecule has 1 aromatic heterocycles. The minimum atomic E-state index is -1.55. The van der Waals surface area contributed by atoms with E-state index in [0.717, 1.165) is 10.9 Å². The molecule has 0 spiro atoms. The van der Waals surface area contributed by atoms with Gasteiger partial charge in [0.1, 0.15) is 18.1 Å². The van der Waals surface area contributed by atoms with E-state index in [0.29, 0.717) is 17.7 Å². The molecule has 0 saturated heterocycles. The van der Waals surface area contributed by atoms with E-state index in [1.807, 2.05) is 18.4 Å². The first-order chi connectivity index (χ1) is 18.1. The third-order valence-electron chi connectivity index (χ3n) is 5.78. The van der Waals surface area contributed by atoms with Crippen LogP contribution in [0.2, 0.25) is 0 Å². The summed E-state index contributed by atoms with van der Waals surface area (Å²) in [6.45, 7) is -0.871. The van der Waals surface area contributed by atoms with E-state index in [4.69, 9.17) is 10.8 Å². The first kappa shape index (κ1) is 30.6. The van der Waals surface area contributed by atoms with Crippen LogP contribution in [0.1, 0.15) is 24.8 Å². The van der Waals surface area contributed by atoms with Gasteiger partial charge in [0.05, 0.1) is 12.6 Å². The van der Waals surface area contributed by atoms with Gasteiger partial charge in [-0.15, -0.1) is 0 Å². The van der Waals surface area contributed by atoms with Gasteiger partial charge in [0.2, 0.25) is 17.7 Å². The predicted molar refractivity (Wildman–Crippen MR) is 140 cm³/mol. The Kier molecular flexibility index (Phi) is 12.0. The van der Waals surface area contributed by atoms with E-state index in [1.165, 1.54) is 11.8 Å². The van der Waals surface area contributed by atoms with Gasteiger partial charge in [-0.2, -0.15) is 11.8 Å². The summed E-state index contributed by atoms with van der Waals surface area (Å²) >= 11 is 1.48. The molecule has 1 heterocycles. The fourth-order valence-electron chi connectivity index (χ4n) is 3.65. The van der Waals surface area contributed by atoms with Crippen LogP contribution in [-0.2, 0) is 30.4 Å². The second kappa shape index (κ2) is 15.0. The zero-order chi connectivity index (χ0) is 28.2. The number of aromatic nitrogens is 1. The van der Waals surface area contributed by atoms with Crippen molar-refractivity contribution in [1.29, 1.82) is 0 Å². The number of aliphatic hydroxyl groups is 1. The Hall–Kier alpha value is -3.62. The van der Waals surface area contributed by atoms with Crippen LogP contribution in [0.5, 0.6) is 0 Å². The van der Waals surface area contributed by atoms with Gasteiger partial charge in [0.25, 0.3) is 0 Å². The Labute approximate surface area is 222 Å². The highest BCUT2D eigenvalue weighted by Crippen LogP contribution is 2.19. The van der Waals surface area contributed by atoms with Crippen LogP contribution in [0.15, 0.2) is 30.5 Å². The molecule has 0 saturated carbocycles. The van der Waals surface area contributed by atoms with E-state index >= 15 is 0 Å². The molecule has 0 aliphatic rings. The summed E-state index contributed by atoms with van der Waals surface area (Å²) in [5.74, 6) is -4.49. The molecule has 2 aromatic rings. The van der Waals surface area contributed by atoms with Crippen molar-refractivity contribution < 1.29 is 39.3 Å². The summed E-state index contributed by atoms with van der Waals surface area (Å²) in [6.07, 6.45) is 2.98. The van der Waals surface area contributed by atoms with Crippen LogP contribution in [0.4, 0.5) is 0 Å². The van der Waals surface area contributed by atoms with Crippen LogP contribution >= 0.6 is 11.8 Å². The topological polar surface area (TPSA) is 224 Å². The zero-order valence-corrected chi connectivity index (χ0v) is 21.6. The highest BCUT2D eigenvalue weighted by Gasteiger charge is 2.30. The van der Waals surface area contributed by atoms with E-state index < -0.39 is 66.9 Å². The lowest BCUT2D eigenvalue weighted by Crippen LogP contribution is -2.58. The smallest absolute Gasteiger partial charge is 0.326 e. The normalized spacial score (nSPS) is 14.2. The van der Waals surface area contributed by atoms with Gasteiger partial charge in [-0.3, -0.25) is 19.2 Å². The number of carbonyl (C=O) groups excluding carboxylic acids is 3. The SMILES string of the molecule is CSCCC(N)C(=O)NC(CCC(=O)O)C(=O)NC(CO)C(=O)NC(Cc1c[nH]c2ccccc12)C(=O)O. The third kappa shape index (κ3) is 9.04. The van der Waals surface area contributed by atoms with Gasteiger partial charge in [0, 0.05) is 29.9 Å². The number of aliphatic carboxylic acids is 2. The molecule has 4 atom stereocenters. The summed E-state index contributed by atoms with van der Waals surface area (Å²) in [5, 5.41) is 36.2. The quantitative estimate of drug-likeness (QED) is 0.129. The number of rotatable bonds is 16. The lowest BCUT2D eigenvalue weighted by molar-refractivity contribution is -0.142. The molecule has 9 N–H and O–H groups in total. The molecule has 14 heteroatoms.